The van der Waals surface area contributed by atoms with Crippen molar-refractivity contribution >= 4 is 46.0 Å². The number of alkyl carbamates (subject to hydrolysis) is 1. The molecule has 3 heterocycles. The predicted octanol–water partition coefficient (Wildman–Crippen LogP) is 2.34. The Bertz CT molecular complexity index is 1720. The largest absolute Gasteiger partial charge is 0.449 e. The molecule has 49 heavy (non-hydrogen) atoms. The number of ether oxygens (including phenoxy) is 2. The summed E-state index contributed by atoms with van der Waals surface area (Å²) in [6, 6.07) is 3.44. The van der Waals surface area contributed by atoms with Gasteiger partial charge in [-0.2, -0.15) is 0 Å². The molecule has 0 aromatic heterocycles. The van der Waals surface area contributed by atoms with Crippen molar-refractivity contribution in [1.29, 1.82) is 0 Å². The van der Waals surface area contributed by atoms with Crippen LogP contribution in [0, 0.1) is 11.3 Å². The highest BCUT2D eigenvalue weighted by atomic mass is 32.2. The summed E-state index contributed by atoms with van der Waals surface area (Å²) in [4.78, 5) is 70.9. The van der Waals surface area contributed by atoms with Crippen LogP contribution < -0.4 is 15.4 Å². The Morgan fingerprint density at radius 1 is 1.14 bits per heavy atom. The van der Waals surface area contributed by atoms with Gasteiger partial charge in [-0.1, -0.05) is 57.2 Å². The lowest BCUT2D eigenvalue weighted by Crippen LogP contribution is -2.60. The van der Waals surface area contributed by atoms with Crippen LogP contribution in [-0.2, 0) is 47.0 Å². The number of benzene rings is 1. The lowest BCUT2D eigenvalue weighted by Gasteiger charge is -2.35. The van der Waals surface area contributed by atoms with Gasteiger partial charge < -0.3 is 25.0 Å². The predicted molar refractivity (Wildman–Crippen MR) is 177 cm³/mol. The van der Waals surface area contributed by atoms with Crippen LogP contribution >= 0.6 is 0 Å². The van der Waals surface area contributed by atoms with Gasteiger partial charge in [0.15, 0.2) is 0 Å². The average molecular weight is 698 g/mol. The van der Waals surface area contributed by atoms with Gasteiger partial charge in [0.25, 0.3) is 5.91 Å². The highest BCUT2D eigenvalue weighted by Gasteiger charge is 2.62. The first-order valence-electron chi connectivity index (χ1n) is 16.6. The highest BCUT2D eigenvalue weighted by Crippen LogP contribution is 2.45. The molecule has 14 nitrogen and oxygen atoms in total. The third-order valence-electron chi connectivity index (χ3n) is 9.83. The molecule has 2 saturated carbocycles. The van der Waals surface area contributed by atoms with Gasteiger partial charge in [0, 0.05) is 18.9 Å². The average Bonchev–Trinajstić information content (AvgIpc) is 3.92. The van der Waals surface area contributed by atoms with Crippen LogP contribution in [0.1, 0.15) is 69.6 Å². The molecule has 3 aliphatic heterocycles. The van der Waals surface area contributed by atoms with Gasteiger partial charge in [0.1, 0.15) is 23.7 Å². The van der Waals surface area contributed by atoms with Crippen molar-refractivity contribution in [3.63, 3.8) is 0 Å². The van der Waals surface area contributed by atoms with Gasteiger partial charge >= 0.3 is 12.2 Å². The van der Waals surface area contributed by atoms with Crippen LogP contribution in [0.4, 0.5) is 9.59 Å². The van der Waals surface area contributed by atoms with E-state index in [0.29, 0.717) is 32.4 Å². The van der Waals surface area contributed by atoms with E-state index in [-0.39, 0.29) is 26.0 Å². The van der Waals surface area contributed by atoms with Crippen LogP contribution in [0.3, 0.4) is 0 Å². The number of cyclic esters (lactones) is 1. The zero-order valence-corrected chi connectivity index (χ0v) is 28.7. The summed E-state index contributed by atoms with van der Waals surface area (Å²) < 4.78 is 38.6. The van der Waals surface area contributed by atoms with Crippen molar-refractivity contribution < 1.29 is 41.9 Å². The Labute approximate surface area is 285 Å². The van der Waals surface area contributed by atoms with Crippen molar-refractivity contribution in [2.45, 2.75) is 94.9 Å². The van der Waals surface area contributed by atoms with Crippen LogP contribution in [0.5, 0.6) is 0 Å². The summed E-state index contributed by atoms with van der Waals surface area (Å²) in [6.45, 7) is 9.54. The van der Waals surface area contributed by atoms with E-state index in [4.69, 9.17) is 9.47 Å². The fourth-order valence-corrected chi connectivity index (χ4v) is 8.11. The van der Waals surface area contributed by atoms with Crippen molar-refractivity contribution in [3.05, 3.63) is 53.6 Å². The normalized spacial score (nSPS) is 29.5. The maximum Gasteiger partial charge on any atom is 0.410 e. The lowest BCUT2D eigenvalue weighted by molar-refractivity contribution is -0.142. The smallest absolute Gasteiger partial charge is 0.410 e. The van der Waals surface area contributed by atoms with E-state index in [2.05, 4.69) is 21.9 Å². The second kappa shape index (κ2) is 12.8. The van der Waals surface area contributed by atoms with Crippen molar-refractivity contribution in [2.75, 3.05) is 13.2 Å². The van der Waals surface area contributed by atoms with E-state index < -0.39 is 80.2 Å². The molecule has 6 rings (SSSR count). The van der Waals surface area contributed by atoms with Gasteiger partial charge in [-0.15, -0.1) is 6.58 Å². The van der Waals surface area contributed by atoms with Crippen molar-refractivity contribution in [3.8, 4) is 0 Å². The van der Waals surface area contributed by atoms with Crippen LogP contribution in [0.2, 0.25) is 0 Å². The number of nitrogens with one attached hydrogen (secondary N) is 3. The molecule has 0 spiro atoms. The minimum absolute atomic E-state index is 0.0583. The lowest BCUT2D eigenvalue weighted by atomic mass is 9.85. The molecule has 5 amide bonds. The van der Waals surface area contributed by atoms with Gasteiger partial charge in [-0.05, 0) is 47.8 Å². The van der Waals surface area contributed by atoms with Crippen LogP contribution in [-0.4, -0.2) is 90.3 Å². The maximum atomic E-state index is 14.3. The van der Waals surface area contributed by atoms with Crippen LogP contribution in [0.25, 0.3) is 6.08 Å². The summed E-state index contributed by atoms with van der Waals surface area (Å²) in [6.07, 6.45) is 4.32. The number of amides is 5. The summed E-state index contributed by atoms with van der Waals surface area (Å²) in [5.41, 5.74) is 0.467. The van der Waals surface area contributed by atoms with E-state index >= 15 is 0 Å². The summed E-state index contributed by atoms with van der Waals surface area (Å²) >= 11 is 0. The zero-order chi connectivity index (χ0) is 35.3. The quantitative estimate of drug-likeness (QED) is 0.376. The molecular formula is C34H43N5O9S. The van der Waals surface area contributed by atoms with Crippen LogP contribution in [0.15, 0.2) is 36.9 Å². The molecule has 3 fully saturated rings. The number of hydrogen-bond acceptors (Lipinski definition) is 9. The molecule has 0 radical (unpaired) electrons. The second-order valence-corrected chi connectivity index (χ2v) is 16.5. The Morgan fingerprint density at radius 3 is 2.57 bits per heavy atom. The molecule has 2 aliphatic carbocycles. The Balaban J connectivity index is 1.28. The minimum atomic E-state index is -3.90. The van der Waals surface area contributed by atoms with E-state index in [0.717, 1.165) is 16.7 Å². The molecule has 3 N–H and O–H groups in total. The Hall–Kier alpha value is -4.40. The maximum absolute atomic E-state index is 14.3. The topological polar surface area (TPSA) is 181 Å². The molecule has 4 bridgehead atoms. The number of carbonyl (C=O) groups excluding carboxylic acids is 5. The first kappa shape index (κ1) is 34.5. The van der Waals surface area contributed by atoms with Gasteiger partial charge in [-0.25, -0.2) is 18.0 Å². The second-order valence-electron chi connectivity index (χ2n) is 14.5. The fraction of sp³-hybridized carbons (Fsp3) is 0.559. The number of hydrogen-bond donors (Lipinski definition) is 3. The number of carbonyl (C=O) groups is 5. The standard InChI is InChI=1S/C34H43N5O9S/c1-5-22-16-34(22,30(42)37-49(45,46)24-12-13-24)36-28(40)26-15-23-18-39(26)29(41)27(33(2,3)4)35-31(43)47-14-7-6-9-20-10-8-11-21-17-38(19-25(20)21)32(44)48-23/h5-6,8-11,22-24,26-27H,1,7,12-19H2,2-4H3,(H,35,43)(H,36,40)(H,37,42)/b9-6+/t22-,23+,26-,27+,34+/m0/s1. The first-order chi connectivity index (χ1) is 23.1. The molecule has 5 aliphatic rings. The Kier molecular flexibility index (Phi) is 9.01. The highest BCUT2D eigenvalue weighted by molar-refractivity contribution is 7.91. The molecule has 15 heteroatoms. The number of rotatable bonds is 6. The number of sulfonamides is 1. The van der Waals surface area contributed by atoms with E-state index in [1.54, 1.807) is 25.7 Å². The van der Waals surface area contributed by atoms with Crippen molar-refractivity contribution in [2.24, 2.45) is 11.3 Å². The minimum Gasteiger partial charge on any atom is -0.449 e. The van der Waals surface area contributed by atoms with Gasteiger partial charge in [0.05, 0.1) is 24.9 Å². The zero-order valence-electron chi connectivity index (χ0n) is 27.9. The molecular weight excluding hydrogens is 654 g/mol. The SMILES string of the molecule is C=C[C@H]1C[C@]1(NC(=O)[C@@H]1C[C@@H]2CN1C(=O)[C@H](C(C)(C)C)NC(=O)OCC/C=C/c1cccc3c1CN(C3)C(=O)O2)C(=O)NS(=O)(=O)C1CC1. The summed E-state index contributed by atoms with van der Waals surface area (Å²) in [5.74, 6) is -2.73. The molecule has 5 atom stereocenters. The van der Waals surface area contributed by atoms with Gasteiger partial charge in [-0.3, -0.25) is 24.0 Å². The van der Waals surface area contributed by atoms with E-state index in [1.165, 1.54) is 11.0 Å². The molecule has 1 aromatic rings. The molecule has 0 unspecified atom stereocenters. The Morgan fingerprint density at radius 2 is 1.90 bits per heavy atom. The van der Waals surface area contributed by atoms with Crippen molar-refractivity contribution in [1.82, 2.24) is 25.2 Å². The van der Waals surface area contributed by atoms with E-state index in [9.17, 15) is 32.4 Å². The molecule has 1 aromatic carbocycles. The van der Waals surface area contributed by atoms with E-state index in [1.807, 2.05) is 30.4 Å². The third kappa shape index (κ3) is 7.03. The summed E-state index contributed by atoms with van der Waals surface area (Å²) in [5, 5.41) is 4.74. The molecule has 264 valence electrons. The third-order valence-corrected chi connectivity index (χ3v) is 11.7. The number of fused-ring (bicyclic) bond motifs is 3. The van der Waals surface area contributed by atoms with Gasteiger partial charge in [0.2, 0.25) is 21.8 Å². The molecule has 1 saturated heterocycles. The number of nitrogens with zero attached hydrogens (tertiary/aromatic N) is 2. The summed E-state index contributed by atoms with van der Waals surface area (Å²) in [7, 11) is -3.90. The fourth-order valence-electron chi connectivity index (χ4n) is 6.75. The monoisotopic (exact) mass is 697 g/mol. The first-order valence-corrected chi connectivity index (χ1v) is 18.1.